The standard InChI is InChI=1S/C45H45N5O7S/c51-40-23-24-41(52)47-39(28-35-12-7-25-58-35)44(55)50-38(27-31-13-18-33(19-14-31)32-10-5-2-6-11-32)43(54)49-37(26-30-8-3-1-4-9-30)42(53)48-36(45(56)57)22-17-29-15-20-34(46-40)21-16-29/h1-16,18-21,25,36-39H,17,22-24,26-28H2,(H,46,51)(H,47,52)(H,48,53)(H,49,54)(H,50,55)(H,56,57). The van der Waals surface area contributed by atoms with Crippen molar-refractivity contribution >= 4 is 52.5 Å². The first kappa shape index (κ1) is 41.0. The number of carboxylic acids is 1. The van der Waals surface area contributed by atoms with Gasteiger partial charge in [0, 0.05) is 42.7 Å². The van der Waals surface area contributed by atoms with Gasteiger partial charge in [0.25, 0.3) is 0 Å². The lowest BCUT2D eigenvalue weighted by Gasteiger charge is -2.26. The van der Waals surface area contributed by atoms with E-state index >= 15 is 0 Å². The van der Waals surface area contributed by atoms with Crippen LogP contribution in [-0.4, -0.2) is 64.8 Å². The topological polar surface area (TPSA) is 183 Å². The number of hydrogen-bond donors (Lipinski definition) is 6. The molecule has 2 bridgehead atoms. The first-order valence-corrected chi connectivity index (χ1v) is 20.0. The first-order chi connectivity index (χ1) is 28.1. The molecule has 0 saturated carbocycles. The molecule has 4 atom stereocenters. The Labute approximate surface area is 340 Å². The Morgan fingerprint density at radius 3 is 1.71 bits per heavy atom. The third-order valence-electron chi connectivity index (χ3n) is 9.84. The molecule has 2 aliphatic rings. The fraction of sp³-hybridized carbons (Fsp3) is 0.244. The molecule has 0 fully saturated rings. The monoisotopic (exact) mass is 799 g/mol. The zero-order chi connectivity index (χ0) is 40.9. The number of hydrogen-bond acceptors (Lipinski definition) is 7. The molecular formula is C45H45N5O7S. The lowest BCUT2D eigenvalue weighted by Crippen LogP contribution is -2.59. The Morgan fingerprint density at radius 1 is 0.552 bits per heavy atom. The lowest BCUT2D eigenvalue weighted by molar-refractivity contribution is -0.142. The molecule has 58 heavy (non-hydrogen) atoms. The van der Waals surface area contributed by atoms with E-state index in [0.29, 0.717) is 17.7 Å². The van der Waals surface area contributed by atoms with Gasteiger partial charge in [-0.2, -0.15) is 0 Å². The second kappa shape index (κ2) is 20.0. The molecule has 13 heteroatoms. The van der Waals surface area contributed by atoms with Crippen molar-refractivity contribution in [1.82, 2.24) is 21.3 Å². The fourth-order valence-electron chi connectivity index (χ4n) is 6.66. The number of aryl methyl sites for hydroxylation is 1. The predicted molar refractivity (Wildman–Crippen MR) is 222 cm³/mol. The van der Waals surface area contributed by atoms with Crippen LogP contribution in [0.2, 0.25) is 0 Å². The number of carbonyl (C=O) groups excluding carboxylic acids is 5. The van der Waals surface area contributed by atoms with E-state index in [0.717, 1.165) is 27.1 Å². The van der Waals surface area contributed by atoms with Gasteiger partial charge in [0.15, 0.2) is 0 Å². The van der Waals surface area contributed by atoms with Crippen LogP contribution in [-0.2, 0) is 54.5 Å². The van der Waals surface area contributed by atoms with E-state index in [-0.39, 0.29) is 38.5 Å². The molecule has 0 saturated heterocycles. The van der Waals surface area contributed by atoms with Crippen LogP contribution in [0.5, 0.6) is 0 Å². The van der Waals surface area contributed by atoms with Crippen LogP contribution in [0, 0.1) is 0 Å². The van der Waals surface area contributed by atoms with Gasteiger partial charge < -0.3 is 31.7 Å². The summed E-state index contributed by atoms with van der Waals surface area (Å²) >= 11 is 1.41. The Bertz CT molecular complexity index is 2180. The number of benzene rings is 4. The van der Waals surface area contributed by atoms with E-state index in [9.17, 15) is 33.9 Å². The Balaban J connectivity index is 1.33. The van der Waals surface area contributed by atoms with Crippen molar-refractivity contribution in [2.75, 3.05) is 5.32 Å². The van der Waals surface area contributed by atoms with E-state index in [4.69, 9.17) is 0 Å². The average molecular weight is 800 g/mol. The number of amides is 5. The minimum atomic E-state index is -1.28. The molecule has 6 N–H and O–H groups in total. The maximum Gasteiger partial charge on any atom is 0.326 e. The number of thiophene rings is 1. The second-order valence-corrected chi connectivity index (χ2v) is 15.2. The number of fused-ring (bicyclic) bond motifs is 19. The molecule has 2 aliphatic heterocycles. The summed E-state index contributed by atoms with van der Waals surface area (Å²) in [5.41, 5.74) is 4.67. The van der Waals surface area contributed by atoms with E-state index in [1.807, 2.05) is 78.2 Å². The van der Waals surface area contributed by atoms with Gasteiger partial charge in [-0.3, -0.25) is 24.0 Å². The average Bonchev–Trinajstić information content (AvgIpc) is 3.75. The Kier molecular flexibility index (Phi) is 14.2. The number of carboxylic acid groups (broad SMARTS) is 1. The molecule has 4 aromatic carbocycles. The van der Waals surface area contributed by atoms with Crippen LogP contribution in [0.3, 0.4) is 0 Å². The third kappa shape index (κ3) is 12.0. The maximum absolute atomic E-state index is 14.4. The molecule has 7 rings (SSSR count). The van der Waals surface area contributed by atoms with Gasteiger partial charge in [0.1, 0.15) is 24.2 Å². The van der Waals surface area contributed by atoms with Crippen molar-refractivity contribution in [2.24, 2.45) is 0 Å². The molecule has 0 radical (unpaired) electrons. The van der Waals surface area contributed by atoms with Gasteiger partial charge in [-0.15, -0.1) is 11.3 Å². The van der Waals surface area contributed by atoms with Crippen LogP contribution in [0.4, 0.5) is 5.69 Å². The van der Waals surface area contributed by atoms with E-state index in [1.165, 1.54) is 11.3 Å². The van der Waals surface area contributed by atoms with Crippen molar-refractivity contribution in [1.29, 1.82) is 0 Å². The molecular weight excluding hydrogens is 755 g/mol. The summed E-state index contributed by atoms with van der Waals surface area (Å²) in [4.78, 5) is 81.9. The van der Waals surface area contributed by atoms with Gasteiger partial charge >= 0.3 is 5.97 Å². The Morgan fingerprint density at radius 2 is 1.10 bits per heavy atom. The predicted octanol–water partition coefficient (Wildman–Crippen LogP) is 4.83. The van der Waals surface area contributed by atoms with Crippen molar-refractivity contribution in [2.45, 2.75) is 69.1 Å². The minimum Gasteiger partial charge on any atom is -0.480 e. The molecule has 12 nitrogen and oxygen atoms in total. The van der Waals surface area contributed by atoms with Crippen molar-refractivity contribution in [3.8, 4) is 11.1 Å². The molecule has 0 spiro atoms. The zero-order valence-corrected chi connectivity index (χ0v) is 32.5. The summed E-state index contributed by atoms with van der Waals surface area (Å²) in [6, 6.07) is 32.0. The minimum absolute atomic E-state index is 0.0301. The molecule has 4 unspecified atom stereocenters. The van der Waals surface area contributed by atoms with Crippen LogP contribution in [0.15, 0.2) is 127 Å². The lowest BCUT2D eigenvalue weighted by atomic mass is 9.99. The van der Waals surface area contributed by atoms with Crippen LogP contribution in [0.25, 0.3) is 11.1 Å². The summed E-state index contributed by atoms with van der Waals surface area (Å²) in [5, 5.41) is 25.8. The Hall–Kier alpha value is -6.60. The second-order valence-electron chi connectivity index (χ2n) is 14.2. The highest BCUT2D eigenvalue weighted by atomic mass is 32.1. The largest absolute Gasteiger partial charge is 0.480 e. The molecule has 3 heterocycles. The number of nitrogens with one attached hydrogen (secondary N) is 5. The molecule has 0 aliphatic carbocycles. The molecule has 1 aromatic heterocycles. The summed E-state index contributed by atoms with van der Waals surface area (Å²) in [7, 11) is 0. The van der Waals surface area contributed by atoms with E-state index < -0.39 is 59.7 Å². The highest BCUT2D eigenvalue weighted by Gasteiger charge is 2.32. The van der Waals surface area contributed by atoms with Gasteiger partial charge in [-0.1, -0.05) is 103 Å². The molecule has 5 amide bonds. The van der Waals surface area contributed by atoms with Gasteiger partial charge in [0.05, 0.1) is 0 Å². The van der Waals surface area contributed by atoms with Crippen molar-refractivity contribution in [3.05, 3.63) is 148 Å². The maximum atomic E-state index is 14.4. The number of anilines is 1. The number of carbonyl (C=O) groups is 6. The third-order valence-corrected chi connectivity index (χ3v) is 10.7. The van der Waals surface area contributed by atoms with E-state index in [2.05, 4.69) is 26.6 Å². The van der Waals surface area contributed by atoms with Crippen LogP contribution in [0.1, 0.15) is 40.8 Å². The van der Waals surface area contributed by atoms with Crippen molar-refractivity contribution in [3.63, 3.8) is 0 Å². The quantitative estimate of drug-likeness (QED) is 0.122. The number of rotatable bonds is 8. The molecule has 298 valence electrons. The highest BCUT2D eigenvalue weighted by molar-refractivity contribution is 7.09. The van der Waals surface area contributed by atoms with Gasteiger partial charge in [-0.25, -0.2) is 4.79 Å². The van der Waals surface area contributed by atoms with Gasteiger partial charge in [-0.05, 0) is 64.2 Å². The summed E-state index contributed by atoms with van der Waals surface area (Å²) < 4.78 is 0. The summed E-state index contributed by atoms with van der Waals surface area (Å²) in [6.07, 6.45) is 0.214. The smallest absolute Gasteiger partial charge is 0.326 e. The zero-order valence-electron chi connectivity index (χ0n) is 31.7. The fourth-order valence-corrected chi connectivity index (χ4v) is 7.42. The summed E-state index contributed by atoms with van der Waals surface area (Å²) in [6.45, 7) is 0. The van der Waals surface area contributed by atoms with Gasteiger partial charge in [0.2, 0.25) is 29.5 Å². The molecule has 5 aromatic rings. The highest BCUT2D eigenvalue weighted by Crippen LogP contribution is 2.21. The van der Waals surface area contributed by atoms with Crippen LogP contribution < -0.4 is 26.6 Å². The SMILES string of the molecule is O=C1CCC(=O)NC(Cc2cccs2)C(=O)NC(Cc2ccc(-c3ccccc3)cc2)C(=O)NC(Cc2ccccc2)C(=O)NC(C(=O)O)CCc2ccc(cc2)N1. The number of aliphatic carboxylic acids is 1. The first-order valence-electron chi connectivity index (χ1n) is 19.1. The van der Waals surface area contributed by atoms with Crippen LogP contribution >= 0.6 is 11.3 Å². The normalized spacial score (nSPS) is 20.0. The summed E-state index contributed by atoms with van der Waals surface area (Å²) in [5.74, 6) is -4.18. The van der Waals surface area contributed by atoms with Crippen molar-refractivity contribution < 1.29 is 33.9 Å². The van der Waals surface area contributed by atoms with E-state index in [1.54, 1.807) is 48.5 Å².